The van der Waals surface area contributed by atoms with Crippen molar-refractivity contribution in [2.75, 3.05) is 13.2 Å². The van der Waals surface area contributed by atoms with Crippen molar-refractivity contribution >= 4 is 11.6 Å². The van der Waals surface area contributed by atoms with Crippen LogP contribution in [-0.4, -0.2) is 24.0 Å². The van der Waals surface area contributed by atoms with Crippen molar-refractivity contribution in [1.82, 2.24) is 5.32 Å². The molecule has 0 spiro atoms. The smallest absolute Gasteiger partial charge is 0.269 e. The van der Waals surface area contributed by atoms with Crippen molar-refractivity contribution in [2.45, 2.75) is 26.8 Å². The van der Waals surface area contributed by atoms with Gasteiger partial charge in [-0.3, -0.25) is 14.9 Å². The van der Waals surface area contributed by atoms with Crippen LogP contribution in [-0.2, 0) is 16.1 Å². The van der Waals surface area contributed by atoms with Gasteiger partial charge in [0.2, 0.25) is 5.91 Å². The van der Waals surface area contributed by atoms with E-state index in [4.69, 9.17) is 4.74 Å². The van der Waals surface area contributed by atoms with Crippen LogP contribution in [0.4, 0.5) is 5.69 Å². The van der Waals surface area contributed by atoms with Gasteiger partial charge in [0.05, 0.1) is 11.5 Å². The van der Waals surface area contributed by atoms with Crippen LogP contribution in [0.15, 0.2) is 24.3 Å². The first kappa shape index (κ1) is 16.1. The number of carbonyl (C=O) groups excluding carboxylic acids is 1. The van der Waals surface area contributed by atoms with Gasteiger partial charge in [0.1, 0.15) is 0 Å². The second-order valence-corrected chi connectivity index (χ2v) is 4.92. The summed E-state index contributed by atoms with van der Waals surface area (Å²) in [7, 11) is 0. The Morgan fingerprint density at radius 3 is 2.85 bits per heavy atom. The quantitative estimate of drug-likeness (QED) is 0.450. The molecule has 6 heteroatoms. The molecular weight excluding hydrogens is 260 g/mol. The molecule has 1 rings (SSSR count). The van der Waals surface area contributed by atoms with E-state index in [1.165, 1.54) is 12.1 Å². The molecule has 0 aliphatic carbocycles. The minimum Gasteiger partial charge on any atom is -0.381 e. The molecule has 0 radical (unpaired) electrons. The van der Waals surface area contributed by atoms with Crippen molar-refractivity contribution in [2.24, 2.45) is 5.92 Å². The topological polar surface area (TPSA) is 81.5 Å². The summed E-state index contributed by atoms with van der Waals surface area (Å²) in [5.74, 6) is 0.322. The van der Waals surface area contributed by atoms with Crippen LogP contribution in [0.5, 0.6) is 0 Å². The van der Waals surface area contributed by atoms with Crippen LogP contribution in [0.1, 0.15) is 25.8 Å². The molecule has 1 aromatic carbocycles. The summed E-state index contributed by atoms with van der Waals surface area (Å²) >= 11 is 0. The third-order valence-corrected chi connectivity index (χ3v) is 2.54. The number of nitrogens with one attached hydrogen (secondary N) is 1. The standard InChI is InChI=1S/C14H20N2O4/c1-11(2)10-20-7-6-14(17)15-9-12-4-3-5-13(8-12)16(18)19/h3-5,8,11H,6-7,9-10H2,1-2H3,(H,15,17). The molecule has 0 aliphatic heterocycles. The summed E-state index contributed by atoms with van der Waals surface area (Å²) in [5, 5.41) is 13.3. The summed E-state index contributed by atoms with van der Waals surface area (Å²) in [6, 6.07) is 6.22. The van der Waals surface area contributed by atoms with E-state index in [9.17, 15) is 14.9 Å². The number of nitro groups is 1. The molecule has 20 heavy (non-hydrogen) atoms. The number of non-ortho nitro benzene ring substituents is 1. The van der Waals surface area contributed by atoms with Crippen LogP contribution in [0, 0.1) is 16.0 Å². The Hall–Kier alpha value is -1.95. The average Bonchev–Trinajstić information content (AvgIpc) is 2.41. The maximum atomic E-state index is 11.6. The van der Waals surface area contributed by atoms with Crippen LogP contribution < -0.4 is 5.32 Å². The Labute approximate surface area is 118 Å². The van der Waals surface area contributed by atoms with E-state index in [0.29, 0.717) is 31.1 Å². The number of benzene rings is 1. The van der Waals surface area contributed by atoms with Gasteiger partial charge in [-0.2, -0.15) is 0 Å². The third-order valence-electron chi connectivity index (χ3n) is 2.54. The largest absolute Gasteiger partial charge is 0.381 e. The number of nitrogens with zero attached hydrogens (tertiary/aromatic N) is 1. The van der Waals surface area contributed by atoms with E-state index in [1.54, 1.807) is 12.1 Å². The fraction of sp³-hybridized carbons (Fsp3) is 0.500. The fourth-order valence-corrected chi connectivity index (χ4v) is 1.55. The highest BCUT2D eigenvalue weighted by molar-refractivity contribution is 5.75. The highest BCUT2D eigenvalue weighted by Crippen LogP contribution is 2.12. The van der Waals surface area contributed by atoms with Gasteiger partial charge in [-0.1, -0.05) is 26.0 Å². The molecular formula is C14H20N2O4. The van der Waals surface area contributed by atoms with Gasteiger partial charge in [0.25, 0.3) is 5.69 Å². The maximum absolute atomic E-state index is 11.6. The van der Waals surface area contributed by atoms with E-state index in [0.717, 1.165) is 0 Å². The van der Waals surface area contributed by atoms with Gasteiger partial charge >= 0.3 is 0 Å². The van der Waals surface area contributed by atoms with E-state index >= 15 is 0 Å². The summed E-state index contributed by atoms with van der Waals surface area (Å²) in [6.45, 7) is 5.40. The number of carbonyl (C=O) groups is 1. The summed E-state index contributed by atoms with van der Waals surface area (Å²) in [5.41, 5.74) is 0.729. The fourth-order valence-electron chi connectivity index (χ4n) is 1.55. The number of rotatable bonds is 8. The zero-order valence-electron chi connectivity index (χ0n) is 11.8. The lowest BCUT2D eigenvalue weighted by molar-refractivity contribution is -0.384. The Morgan fingerprint density at radius 1 is 1.45 bits per heavy atom. The number of amides is 1. The van der Waals surface area contributed by atoms with E-state index in [-0.39, 0.29) is 18.1 Å². The van der Waals surface area contributed by atoms with Crippen molar-refractivity contribution in [1.29, 1.82) is 0 Å². The molecule has 110 valence electrons. The monoisotopic (exact) mass is 280 g/mol. The van der Waals surface area contributed by atoms with E-state index in [2.05, 4.69) is 5.32 Å². The molecule has 1 amide bonds. The highest BCUT2D eigenvalue weighted by Gasteiger charge is 2.07. The minimum atomic E-state index is -0.453. The third kappa shape index (κ3) is 6.29. The normalized spacial score (nSPS) is 10.6. The number of hydrogen-bond acceptors (Lipinski definition) is 4. The highest BCUT2D eigenvalue weighted by atomic mass is 16.6. The van der Waals surface area contributed by atoms with Crippen LogP contribution in [0.3, 0.4) is 0 Å². The van der Waals surface area contributed by atoms with Gasteiger partial charge < -0.3 is 10.1 Å². The van der Waals surface area contributed by atoms with Crippen molar-refractivity contribution < 1.29 is 14.5 Å². The average molecular weight is 280 g/mol. The summed E-state index contributed by atoms with van der Waals surface area (Å²) in [4.78, 5) is 21.7. The van der Waals surface area contributed by atoms with Crippen LogP contribution in [0.2, 0.25) is 0 Å². The van der Waals surface area contributed by atoms with Gasteiger partial charge in [-0.05, 0) is 11.5 Å². The first-order valence-corrected chi connectivity index (χ1v) is 6.57. The Morgan fingerprint density at radius 2 is 2.20 bits per heavy atom. The number of hydrogen-bond donors (Lipinski definition) is 1. The maximum Gasteiger partial charge on any atom is 0.269 e. The van der Waals surface area contributed by atoms with Gasteiger partial charge in [0.15, 0.2) is 0 Å². The lowest BCUT2D eigenvalue weighted by Gasteiger charge is -2.07. The second-order valence-electron chi connectivity index (χ2n) is 4.92. The SMILES string of the molecule is CC(C)COCCC(=O)NCc1cccc([N+](=O)[O-])c1. The van der Waals surface area contributed by atoms with Crippen molar-refractivity contribution in [3.8, 4) is 0 Å². The van der Waals surface area contributed by atoms with Gasteiger partial charge in [-0.25, -0.2) is 0 Å². The number of nitro benzene ring substituents is 1. The molecule has 0 bridgehead atoms. The van der Waals surface area contributed by atoms with Crippen LogP contribution in [0.25, 0.3) is 0 Å². The molecule has 0 atom stereocenters. The van der Waals surface area contributed by atoms with Gasteiger partial charge in [-0.15, -0.1) is 0 Å². The first-order chi connectivity index (χ1) is 9.49. The molecule has 0 saturated carbocycles. The molecule has 0 saturated heterocycles. The lowest BCUT2D eigenvalue weighted by atomic mass is 10.2. The molecule has 1 N–H and O–H groups in total. The summed E-state index contributed by atoms with van der Waals surface area (Å²) in [6.07, 6.45) is 0.293. The molecule has 6 nitrogen and oxygen atoms in total. The first-order valence-electron chi connectivity index (χ1n) is 6.57. The summed E-state index contributed by atoms with van der Waals surface area (Å²) < 4.78 is 5.32. The lowest BCUT2D eigenvalue weighted by Crippen LogP contribution is -2.24. The molecule has 0 aliphatic rings. The van der Waals surface area contributed by atoms with E-state index < -0.39 is 4.92 Å². The number of ether oxygens (including phenoxy) is 1. The van der Waals surface area contributed by atoms with Crippen molar-refractivity contribution in [3.63, 3.8) is 0 Å². The Balaban J connectivity index is 2.30. The predicted octanol–water partition coefficient (Wildman–Crippen LogP) is 2.27. The van der Waals surface area contributed by atoms with E-state index in [1.807, 2.05) is 13.8 Å². The molecule has 0 unspecified atom stereocenters. The molecule has 0 fully saturated rings. The zero-order valence-corrected chi connectivity index (χ0v) is 11.8. The molecule has 0 heterocycles. The predicted molar refractivity (Wildman–Crippen MR) is 75.2 cm³/mol. The van der Waals surface area contributed by atoms with Crippen molar-refractivity contribution in [3.05, 3.63) is 39.9 Å². The second kappa shape index (κ2) is 8.27. The molecule has 1 aromatic rings. The molecule has 0 aromatic heterocycles. The van der Waals surface area contributed by atoms with Crippen LogP contribution >= 0.6 is 0 Å². The Kier molecular flexibility index (Phi) is 6.66. The van der Waals surface area contributed by atoms with Gasteiger partial charge in [0, 0.05) is 31.7 Å². The zero-order chi connectivity index (χ0) is 15.0. The minimum absolute atomic E-state index is 0.0250. The Bertz CT molecular complexity index is 460.